The molecule has 3 saturated heterocycles. The van der Waals surface area contributed by atoms with Crippen LogP contribution in [0.2, 0.25) is 0 Å². The van der Waals surface area contributed by atoms with Gasteiger partial charge in [0.1, 0.15) is 5.82 Å². The largest absolute Gasteiger partial charge is 0.339 e. The zero-order chi connectivity index (χ0) is 33.6. The molecular formula is C35H34N8O4S. The van der Waals surface area contributed by atoms with Crippen molar-refractivity contribution in [1.29, 1.82) is 5.26 Å². The molecule has 0 spiro atoms. The summed E-state index contributed by atoms with van der Waals surface area (Å²) in [5, 5.41) is 9.28. The third-order valence-electron chi connectivity index (χ3n) is 9.86. The predicted molar refractivity (Wildman–Crippen MR) is 174 cm³/mol. The summed E-state index contributed by atoms with van der Waals surface area (Å²) >= 11 is 0. The number of rotatable bonds is 8. The quantitative estimate of drug-likeness (QED) is 0.205. The van der Waals surface area contributed by atoms with Crippen molar-refractivity contribution in [1.82, 2.24) is 33.6 Å². The summed E-state index contributed by atoms with van der Waals surface area (Å²) < 4.78 is 30.6. The molecule has 3 fully saturated rings. The molecule has 6 heterocycles. The molecule has 244 valence electrons. The standard InChI is InChI=1S/C35H34N8O4S/c1-40-22-32(39-23-40)48(46,47)43-29-7-8-30(43)18-25(17-29)21-42-33(19-31(44)26-5-3-24(20-36)4-6-26)41(2)35(34(42)45,27-9-13-37-14-10-27)28-11-15-38-16-12-28/h3-6,9-16,19,22-23,25,29-30H,7-8,17-18,21H2,1-2H3. The summed E-state index contributed by atoms with van der Waals surface area (Å²) in [7, 11) is -0.226. The maximum atomic E-state index is 15.1. The Bertz CT molecular complexity index is 1990. The van der Waals surface area contributed by atoms with Gasteiger partial charge < -0.3 is 9.47 Å². The maximum absolute atomic E-state index is 15.1. The van der Waals surface area contributed by atoms with Gasteiger partial charge in [-0.25, -0.2) is 13.4 Å². The van der Waals surface area contributed by atoms with Crippen LogP contribution in [0, 0.1) is 17.2 Å². The molecule has 4 aromatic rings. The number of allylic oxidation sites excluding steroid dienone is 1. The summed E-state index contributed by atoms with van der Waals surface area (Å²) in [5.74, 6) is -0.124. The lowest BCUT2D eigenvalue weighted by Gasteiger charge is -2.38. The van der Waals surface area contributed by atoms with Crippen LogP contribution in [0.1, 0.15) is 52.7 Å². The van der Waals surface area contributed by atoms with E-state index in [9.17, 15) is 18.5 Å². The Balaban J connectivity index is 1.27. The lowest BCUT2D eigenvalue weighted by Crippen LogP contribution is -2.49. The molecule has 0 N–H and O–H groups in total. The van der Waals surface area contributed by atoms with Crippen LogP contribution < -0.4 is 0 Å². The second-order valence-electron chi connectivity index (χ2n) is 12.6. The zero-order valence-corrected chi connectivity index (χ0v) is 27.4. The number of carbonyl (C=O) groups is 2. The molecule has 1 aromatic carbocycles. The van der Waals surface area contributed by atoms with E-state index < -0.39 is 15.6 Å². The van der Waals surface area contributed by atoms with E-state index in [1.54, 1.807) is 94.1 Å². The van der Waals surface area contributed by atoms with Crippen molar-refractivity contribution in [2.45, 2.75) is 48.3 Å². The third kappa shape index (κ3) is 5.08. The molecule has 3 aromatic heterocycles. The Hall–Kier alpha value is -5.19. The number of aromatic nitrogens is 4. The maximum Gasteiger partial charge on any atom is 0.263 e. The van der Waals surface area contributed by atoms with Crippen molar-refractivity contribution in [2.24, 2.45) is 13.0 Å². The number of amides is 1. The SMILES string of the molecule is CN1C(=CC(=O)c2ccc(C#N)cc2)N(CC2CC3CCC(C2)N3S(=O)(=O)c2cn(C)cn2)C(=O)C1(c1ccncc1)c1ccncc1. The van der Waals surface area contributed by atoms with Crippen LogP contribution in [-0.2, 0) is 27.4 Å². The molecule has 3 aliphatic rings. The van der Waals surface area contributed by atoms with Crippen LogP contribution in [0.3, 0.4) is 0 Å². The first kappa shape index (κ1) is 31.4. The Morgan fingerprint density at radius 3 is 2.06 bits per heavy atom. The molecule has 0 saturated carbocycles. The number of aryl methyl sites for hydroxylation is 1. The number of carbonyl (C=O) groups excluding carboxylic acids is 2. The number of fused-ring (bicyclic) bond motifs is 2. The number of pyridine rings is 2. The summed E-state index contributed by atoms with van der Waals surface area (Å²) in [6.07, 6.45) is 13.7. The van der Waals surface area contributed by atoms with Crippen LogP contribution in [0.25, 0.3) is 0 Å². The van der Waals surface area contributed by atoms with E-state index >= 15 is 4.79 Å². The number of sulfonamides is 1. The van der Waals surface area contributed by atoms with E-state index in [-0.39, 0.29) is 34.7 Å². The lowest BCUT2D eigenvalue weighted by atomic mass is 9.82. The van der Waals surface area contributed by atoms with Crippen molar-refractivity contribution in [2.75, 3.05) is 13.6 Å². The fraction of sp³-hybridized carbons (Fsp3) is 0.314. The van der Waals surface area contributed by atoms with Crippen LogP contribution in [0.15, 0.2) is 103 Å². The normalized spacial score (nSPS) is 23.1. The van der Waals surface area contributed by atoms with E-state index in [0.717, 1.165) is 12.8 Å². The first-order chi connectivity index (χ1) is 23.1. The summed E-state index contributed by atoms with van der Waals surface area (Å²) in [5.41, 5.74) is 0.886. The van der Waals surface area contributed by atoms with Gasteiger partial charge in [-0.3, -0.25) is 24.5 Å². The second kappa shape index (κ2) is 12.1. The highest BCUT2D eigenvalue weighted by molar-refractivity contribution is 7.89. The minimum atomic E-state index is -3.78. The van der Waals surface area contributed by atoms with E-state index in [0.29, 0.717) is 47.5 Å². The predicted octanol–water partition coefficient (Wildman–Crippen LogP) is 3.46. The fourth-order valence-electron chi connectivity index (χ4n) is 7.72. The molecule has 3 aliphatic heterocycles. The van der Waals surface area contributed by atoms with Gasteiger partial charge in [0.2, 0.25) is 0 Å². The fourth-order valence-corrected chi connectivity index (χ4v) is 9.58. The smallest absolute Gasteiger partial charge is 0.263 e. The van der Waals surface area contributed by atoms with Crippen molar-refractivity contribution in [3.05, 3.63) is 120 Å². The second-order valence-corrected chi connectivity index (χ2v) is 14.4. The van der Waals surface area contributed by atoms with Gasteiger partial charge in [0.25, 0.3) is 15.9 Å². The number of benzene rings is 1. The number of imidazole rings is 1. The Kier molecular flexibility index (Phi) is 7.93. The number of nitriles is 1. The van der Waals surface area contributed by atoms with Crippen LogP contribution in [0.4, 0.5) is 0 Å². The van der Waals surface area contributed by atoms with Gasteiger partial charge >= 0.3 is 0 Å². The highest BCUT2D eigenvalue weighted by atomic mass is 32.2. The van der Waals surface area contributed by atoms with Crippen LogP contribution in [0.5, 0.6) is 0 Å². The van der Waals surface area contributed by atoms with E-state index in [1.165, 1.54) is 18.6 Å². The number of piperidine rings is 1. The molecule has 2 unspecified atom stereocenters. The first-order valence-electron chi connectivity index (χ1n) is 15.8. The molecule has 7 rings (SSSR count). The van der Waals surface area contributed by atoms with E-state index in [1.807, 2.05) is 11.9 Å². The molecular weight excluding hydrogens is 629 g/mol. The molecule has 12 nitrogen and oxygen atoms in total. The molecule has 48 heavy (non-hydrogen) atoms. The van der Waals surface area contributed by atoms with Crippen molar-refractivity contribution < 1.29 is 18.0 Å². The monoisotopic (exact) mass is 662 g/mol. The zero-order valence-electron chi connectivity index (χ0n) is 26.5. The van der Waals surface area contributed by atoms with Gasteiger partial charge in [-0.15, -0.1) is 0 Å². The van der Waals surface area contributed by atoms with Crippen molar-refractivity contribution in [3.63, 3.8) is 0 Å². The Morgan fingerprint density at radius 1 is 0.958 bits per heavy atom. The van der Waals surface area contributed by atoms with Gasteiger partial charge in [0.05, 0.1) is 18.0 Å². The van der Waals surface area contributed by atoms with Gasteiger partial charge in [0, 0.05) is 75.3 Å². The van der Waals surface area contributed by atoms with Gasteiger partial charge in [-0.2, -0.15) is 9.57 Å². The number of hydrogen-bond donors (Lipinski definition) is 0. The summed E-state index contributed by atoms with van der Waals surface area (Å²) in [6.45, 7) is 0.304. The molecule has 13 heteroatoms. The Labute approximate surface area is 279 Å². The molecule has 2 atom stereocenters. The van der Waals surface area contributed by atoms with Crippen LogP contribution >= 0.6 is 0 Å². The topological polar surface area (TPSA) is 145 Å². The van der Waals surface area contributed by atoms with Crippen molar-refractivity contribution in [3.8, 4) is 6.07 Å². The number of likely N-dealkylation sites (N-methyl/N-ethyl adjacent to an activating group) is 1. The van der Waals surface area contributed by atoms with Gasteiger partial charge in [-0.1, -0.05) is 0 Å². The number of nitrogens with zero attached hydrogens (tertiary/aromatic N) is 8. The summed E-state index contributed by atoms with van der Waals surface area (Å²) in [6, 6.07) is 15.3. The Morgan fingerprint density at radius 2 is 1.54 bits per heavy atom. The highest BCUT2D eigenvalue weighted by Gasteiger charge is 2.57. The van der Waals surface area contributed by atoms with Gasteiger partial charge in [0.15, 0.2) is 16.3 Å². The average Bonchev–Trinajstić information content (AvgIpc) is 3.73. The van der Waals surface area contributed by atoms with Crippen LogP contribution in [-0.4, -0.2) is 79.4 Å². The lowest BCUT2D eigenvalue weighted by molar-refractivity contribution is -0.132. The van der Waals surface area contributed by atoms with E-state index in [2.05, 4.69) is 21.0 Å². The van der Waals surface area contributed by atoms with Crippen molar-refractivity contribution >= 4 is 21.7 Å². The van der Waals surface area contributed by atoms with Gasteiger partial charge in [-0.05, 0) is 91.3 Å². The summed E-state index contributed by atoms with van der Waals surface area (Å²) in [4.78, 5) is 44.9. The highest BCUT2D eigenvalue weighted by Crippen LogP contribution is 2.48. The first-order valence-corrected chi connectivity index (χ1v) is 17.2. The third-order valence-corrected chi connectivity index (χ3v) is 11.8. The number of hydrogen-bond acceptors (Lipinski definition) is 9. The minimum Gasteiger partial charge on any atom is -0.339 e. The molecule has 2 bridgehead atoms. The number of ketones is 1. The molecule has 0 aliphatic carbocycles. The average molecular weight is 663 g/mol. The van der Waals surface area contributed by atoms with E-state index in [4.69, 9.17) is 0 Å². The molecule has 0 radical (unpaired) electrons. The minimum absolute atomic E-state index is 0.0193. The molecule has 1 amide bonds.